The normalized spacial score (nSPS) is 11.1. The molecule has 20 heavy (non-hydrogen) atoms. The van der Waals surface area contributed by atoms with E-state index in [1.807, 2.05) is 0 Å². The number of sulfonamides is 1. The maximum absolute atomic E-state index is 12.1. The van der Waals surface area contributed by atoms with Crippen LogP contribution in [0.3, 0.4) is 0 Å². The minimum Gasteiger partial charge on any atom is -0.464 e. The lowest BCUT2D eigenvalue weighted by atomic mass is 10.4. The van der Waals surface area contributed by atoms with Crippen molar-refractivity contribution in [2.75, 3.05) is 11.3 Å². The summed E-state index contributed by atoms with van der Waals surface area (Å²) >= 11 is 5.72. The van der Waals surface area contributed by atoms with E-state index in [-0.39, 0.29) is 16.6 Å². The minimum absolute atomic E-state index is 0.107. The summed E-state index contributed by atoms with van der Waals surface area (Å²) in [6.07, 6.45) is 2.68. The van der Waals surface area contributed by atoms with Crippen LogP contribution in [-0.4, -0.2) is 25.0 Å². The van der Waals surface area contributed by atoms with Gasteiger partial charge in [0.2, 0.25) is 0 Å². The van der Waals surface area contributed by atoms with Crippen LogP contribution in [-0.2, 0) is 10.0 Å². The third-order valence-electron chi connectivity index (χ3n) is 2.28. The third-order valence-corrected chi connectivity index (χ3v) is 3.93. The van der Waals surface area contributed by atoms with E-state index in [0.29, 0.717) is 11.6 Å². The Morgan fingerprint density at radius 2 is 1.80 bits per heavy atom. The van der Waals surface area contributed by atoms with Crippen molar-refractivity contribution in [2.45, 2.75) is 11.8 Å². The first-order valence-corrected chi connectivity index (χ1v) is 7.60. The molecule has 1 heterocycles. The molecule has 0 fully saturated rings. The van der Waals surface area contributed by atoms with Crippen LogP contribution in [0.15, 0.2) is 41.6 Å². The molecule has 6 nitrogen and oxygen atoms in total. The Hall–Kier alpha value is -1.86. The topological polar surface area (TPSA) is 81.2 Å². The molecule has 1 aromatic carbocycles. The fourth-order valence-electron chi connectivity index (χ4n) is 1.40. The van der Waals surface area contributed by atoms with E-state index in [1.54, 1.807) is 6.92 Å². The van der Waals surface area contributed by atoms with Gasteiger partial charge in [0.15, 0.2) is 0 Å². The Bertz CT molecular complexity index is 672. The van der Waals surface area contributed by atoms with Crippen LogP contribution in [0.5, 0.6) is 6.01 Å². The van der Waals surface area contributed by atoms with Gasteiger partial charge >= 0.3 is 6.01 Å². The molecule has 1 N–H and O–H groups in total. The second kappa shape index (κ2) is 6.06. The molecule has 0 amide bonds. The molecule has 0 saturated carbocycles. The standard InChI is InChI=1S/C12H12ClN3O3S/c1-2-19-12-14-7-10(8-15-12)16-20(17,18)11-5-3-9(13)4-6-11/h3-8,16H,2H2,1H3. The summed E-state index contributed by atoms with van der Waals surface area (Å²) in [7, 11) is -3.68. The Morgan fingerprint density at radius 1 is 1.20 bits per heavy atom. The number of rotatable bonds is 5. The first-order valence-electron chi connectivity index (χ1n) is 5.74. The summed E-state index contributed by atoms with van der Waals surface area (Å²) in [6, 6.07) is 6.04. The van der Waals surface area contributed by atoms with E-state index < -0.39 is 10.0 Å². The molecule has 0 aliphatic carbocycles. The van der Waals surface area contributed by atoms with Crippen molar-refractivity contribution in [1.29, 1.82) is 0 Å². The monoisotopic (exact) mass is 313 g/mol. The van der Waals surface area contributed by atoms with Gasteiger partial charge in [0, 0.05) is 5.02 Å². The second-order valence-corrected chi connectivity index (χ2v) is 5.87. The maximum Gasteiger partial charge on any atom is 0.316 e. The average Bonchev–Trinajstić information content (AvgIpc) is 2.41. The van der Waals surface area contributed by atoms with Gasteiger partial charge in [0.05, 0.1) is 29.6 Å². The van der Waals surface area contributed by atoms with Crippen LogP contribution in [0.2, 0.25) is 5.02 Å². The molecule has 0 bridgehead atoms. The van der Waals surface area contributed by atoms with Gasteiger partial charge in [-0.25, -0.2) is 18.4 Å². The second-order valence-electron chi connectivity index (χ2n) is 3.75. The highest BCUT2D eigenvalue weighted by atomic mass is 35.5. The highest BCUT2D eigenvalue weighted by Crippen LogP contribution is 2.17. The quantitative estimate of drug-likeness (QED) is 0.916. The Labute approximate surface area is 121 Å². The fourth-order valence-corrected chi connectivity index (χ4v) is 2.55. The summed E-state index contributed by atoms with van der Waals surface area (Å²) in [5.41, 5.74) is 0.253. The Morgan fingerprint density at radius 3 is 2.35 bits per heavy atom. The van der Waals surface area contributed by atoms with Gasteiger partial charge in [-0.15, -0.1) is 0 Å². The van der Waals surface area contributed by atoms with Crippen molar-refractivity contribution in [2.24, 2.45) is 0 Å². The smallest absolute Gasteiger partial charge is 0.316 e. The highest BCUT2D eigenvalue weighted by molar-refractivity contribution is 7.92. The van der Waals surface area contributed by atoms with Crippen LogP contribution in [0.25, 0.3) is 0 Å². The van der Waals surface area contributed by atoms with Crippen LogP contribution >= 0.6 is 11.6 Å². The number of anilines is 1. The number of hydrogen-bond donors (Lipinski definition) is 1. The Balaban J connectivity index is 2.17. The number of hydrogen-bond acceptors (Lipinski definition) is 5. The zero-order valence-corrected chi connectivity index (χ0v) is 12.1. The van der Waals surface area contributed by atoms with Crippen molar-refractivity contribution in [1.82, 2.24) is 9.97 Å². The third kappa shape index (κ3) is 3.58. The van der Waals surface area contributed by atoms with E-state index in [2.05, 4.69) is 14.7 Å². The summed E-state index contributed by atoms with van der Waals surface area (Å²) < 4.78 is 31.6. The van der Waals surface area contributed by atoms with Gasteiger partial charge in [-0.1, -0.05) is 11.6 Å². The van der Waals surface area contributed by atoms with Gasteiger partial charge in [-0.2, -0.15) is 0 Å². The van der Waals surface area contributed by atoms with Gasteiger partial charge in [0.25, 0.3) is 10.0 Å². The molecule has 106 valence electrons. The van der Waals surface area contributed by atoms with Crippen molar-refractivity contribution in [3.8, 4) is 6.01 Å². The van der Waals surface area contributed by atoms with Gasteiger partial charge < -0.3 is 4.74 Å². The van der Waals surface area contributed by atoms with Crippen molar-refractivity contribution in [3.05, 3.63) is 41.7 Å². The number of nitrogens with zero attached hydrogens (tertiary/aromatic N) is 2. The summed E-state index contributed by atoms with van der Waals surface area (Å²) in [5, 5.41) is 0.466. The van der Waals surface area contributed by atoms with Crippen LogP contribution in [0, 0.1) is 0 Å². The van der Waals surface area contributed by atoms with E-state index in [1.165, 1.54) is 36.7 Å². The van der Waals surface area contributed by atoms with E-state index in [0.717, 1.165) is 0 Å². The predicted molar refractivity (Wildman–Crippen MR) is 75.5 cm³/mol. The van der Waals surface area contributed by atoms with Crippen molar-refractivity contribution in [3.63, 3.8) is 0 Å². The summed E-state index contributed by atoms with van der Waals surface area (Å²) in [4.78, 5) is 7.87. The zero-order valence-electron chi connectivity index (χ0n) is 10.6. The number of halogens is 1. The molecule has 0 aliphatic rings. The lowest BCUT2D eigenvalue weighted by molar-refractivity contribution is 0.312. The molecular formula is C12H12ClN3O3S. The lowest BCUT2D eigenvalue weighted by Gasteiger charge is -2.08. The average molecular weight is 314 g/mol. The van der Waals surface area contributed by atoms with Crippen LogP contribution < -0.4 is 9.46 Å². The van der Waals surface area contributed by atoms with Gasteiger partial charge in [-0.3, -0.25) is 4.72 Å². The molecule has 2 aromatic rings. The van der Waals surface area contributed by atoms with E-state index in [9.17, 15) is 8.42 Å². The molecule has 0 saturated heterocycles. The van der Waals surface area contributed by atoms with Gasteiger partial charge in [0.1, 0.15) is 0 Å². The molecule has 0 unspecified atom stereocenters. The SMILES string of the molecule is CCOc1ncc(NS(=O)(=O)c2ccc(Cl)cc2)cn1. The number of ether oxygens (including phenoxy) is 1. The largest absolute Gasteiger partial charge is 0.464 e. The molecule has 8 heteroatoms. The van der Waals surface area contributed by atoms with Crippen LogP contribution in [0.1, 0.15) is 6.92 Å². The molecule has 0 aliphatic heterocycles. The Kier molecular flexibility index (Phi) is 4.41. The summed E-state index contributed by atoms with van der Waals surface area (Å²) in [6.45, 7) is 2.25. The zero-order chi connectivity index (χ0) is 14.6. The highest BCUT2D eigenvalue weighted by Gasteiger charge is 2.14. The fraction of sp³-hybridized carbons (Fsp3) is 0.167. The first kappa shape index (κ1) is 14.5. The first-order chi connectivity index (χ1) is 9.51. The van der Waals surface area contributed by atoms with E-state index in [4.69, 9.17) is 16.3 Å². The molecule has 0 radical (unpaired) electrons. The molecule has 2 rings (SSSR count). The van der Waals surface area contributed by atoms with Crippen molar-refractivity contribution >= 4 is 27.3 Å². The molecule has 0 atom stereocenters. The minimum atomic E-state index is -3.68. The lowest BCUT2D eigenvalue weighted by Crippen LogP contribution is -2.13. The number of benzene rings is 1. The number of nitrogens with one attached hydrogen (secondary N) is 1. The van der Waals surface area contributed by atoms with E-state index >= 15 is 0 Å². The van der Waals surface area contributed by atoms with Crippen molar-refractivity contribution < 1.29 is 13.2 Å². The van der Waals surface area contributed by atoms with Gasteiger partial charge in [-0.05, 0) is 31.2 Å². The predicted octanol–water partition coefficient (Wildman–Crippen LogP) is 2.33. The summed E-state index contributed by atoms with van der Waals surface area (Å²) in [5.74, 6) is 0. The van der Waals surface area contributed by atoms with Crippen LogP contribution in [0.4, 0.5) is 5.69 Å². The molecule has 0 spiro atoms. The molecular weight excluding hydrogens is 302 g/mol. The maximum atomic E-state index is 12.1. The number of aromatic nitrogens is 2. The molecule has 1 aromatic heterocycles.